The van der Waals surface area contributed by atoms with Gasteiger partial charge in [-0.1, -0.05) is 6.07 Å². The first kappa shape index (κ1) is 12.5. The molecule has 0 bridgehead atoms. The van der Waals surface area contributed by atoms with Gasteiger partial charge in [-0.2, -0.15) is 0 Å². The molecule has 0 aliphatic heterocycles. The van der Waals surface area contributed by atoms with Gasteiger partial charge in [0.25, 0.3) is 0 Å². The van der Waals surface area contributed by atoms with Crippen molar-refractivity contribution in [1.82, 2.24) is 9.97 Å². The second-order valence-corrected chi connectivity index (χ2v) is 4.36. The largest absolute Gasteiger partial charge is 0.487 e. The van der Waals surface area contributed by atoms with Gasteiger partial charge in [0.1, 0.15) is 12.4 Å². The van der Waals surface area contributed by atoms with Gasteiger partial charge in [0.15, 0.2) is 5.69 Å². The van der Waals surface area contributed by atoms with Gasteiger partial charge in [-0.15, -0.1) is 0 Å². The number of aromatic carboxylic acids is 1. The van der Waals surface area contributed by atoms with E-state index in [9.17, 15) is 4.79 Å². The average Bonchev–Trinajstić information content (AvgIpc) is 2.37. The van der Waals surface area contributed by atoms with Crippen LogP contribution in [0.2, 0.25) is 0 Å². The number of nitrogens with zero attached hydrogens (tertiary/aromatic N) is 2. The number of aromatic nitrogens is 2. The lowest BCUT2D eigenvalue weighted by molar-refractivity contribution is 0.0687. The number of hydrogen-bond acceptors (Lipinski definition) is 4. The minimum Gasteiger partial charge on any atom is -0.487 e. The van der Waals surface area contributed by atoms with Gasteiger partial charge >= 0.3 is 5.97 Å². The molecular formula is C12H9BrN2O3. The molecule has 2 rings (SSSR count). The van der Waals surface area contributed by atoms with Crippen LogP contribution in [0.15, 0.2) is 41.3 Å². The van der Waals surface area contributed by atoms with Crippen molar-refractivity contribution in [2.75, 3.05) is 0 Å². The fourth-order valence-electron chi connectivity index (χ4n) is 1.38. The fourth-order valence-corrected chi connectivity index (χ4v) is 1.72. The van der Waals surface area contributed by atoms with Gasteiger partial charge in [-0.25, -0.2) is 9.78 Å². The van der Waals surface area contributed by atoms with Crippen molar-refractivity contribution < 1.29 is 14.6 Å². The van der Waals surface area contributed by atoms with E-state index in [1.807, 2.05) is 0 Å². The van der Waals surface area contributed by atoms with E-state index in [1.54, 1.807) is 30.6 Å². The first-order chi connectivity index (χ1) is 8.66. The quantitative estimate of drug-likeness (QED) is 0.939. The molecule has 0 aliphatic rings. The van der Waals surface area contributed by atoms with E-state index in [0.717, 1.165) is 4.47 Å². The normalized spacial score (nSPS) is 10.1. The van der Waals surface area contributed by atoms with Gasteiger partial charge < -0.3 is 9.84 Å². The minimum absolute atomic E-state index is 0.000422. The monoisotopic (exact) mass is 308 g/mol. The zero-order valence-corrected chi connectivity index (χ0v) is 10.8. The summed E-state index contributed by atoms with van der Waals surface area (Å²) in [4.78, 5) is 18.7. The van der Waals surface area contributed by atoms with Crippen molar-refractivity contribution in [3.8, 4) is 5.75 Å². The zero-order valence-electron chi connectivity index (χ0n) is 9.21. The van der Waals surface area contributed by atoms with E-state index < -0.39 is 5.97 Å². The lowest BCUT2D eigenvalue weighted by Gasteiger charge is -2.07. The molecule has 6 heteroatoms. The van der Waals surface area contributed by atoms with Crippen molar-refractivity contribution in [2.24, 2.45) is 0 Å². The van der Waals surface area contributed by atoms with E-state index in [0.29, 0.717) is 11.3 Å². The second kappa shape index (κ2) is 5.59. The molecule has 0 fully saturated rings. The Morgan fingerprint density at radius 2 is 2.28 bits per heavy atom. The number of halogens is 1. The molecule has 2 aromatic rings. The Morgan fingerprint density at radius 3 is 3.00 bits per heavy atom. The van der Waals surface area contributed by atoms with Crippen molar-refractivity contribution >= 4 is 21.9 Å². The van der Waals surface area contributed by atoms with Gasteiger partial charge in [-0.3, -0.25) is 4.98 Å². The summed E-state index contributed by atoms with van der Waals surface area (Å²) < 4.78 is 6.26. The van der Waals surface area contributed by atoms with Crippen LogP contribution < -0.4 is 4.74 Å². The van der Waals surface area contributed by atoms with Crippen LogP contribution in [0.1, 0.15) is 16.1 Å². The molecule has 0 spiro atoms. The number of pyridine rings is 2. The average molecular weight is 309 g/mol. The molecule has 18 heavy (non-hydrogen) atoms. The smallest absolute Gasteiger partial charge is 0.354 e. The van der Waals surface area contributed by atoms with Gasteiger partial charge in [-0.05, 0) is 28.1 Å². The van der Waals surface area contributed by atoms with Crippen LogP contribution in [0.25, 0.3) is 0 Å². The fraction of sp³-hybridized carbons (Fsp3) is 0.0833. The molecular weight excluding hydrogens is 300 g/mol. The van der Waals surface area contributed by atoms with Crippen molar-refractivity contribution in [3.05, 3.63) is 52.5 Å². The molecule has 0 atom stereocenters. The summed E-state index contributed by atoms with van der Waals surface area (Å²) in [5, 5.41) is 8.97. The highest BCUT2D eigenvalue weighted by atomic mass is 79.9. The van der Waals surface area contributed by atoms with E-state index in [2.05, 4.69) is 25.9 Å². The molecule has 0 saturated carbocycles. The molecule has 0 radical (unpaired) electrons. The topological polar surface area (TPSA) is 72.3 Å². The Balaban J connectivity index is 2.13. The maximum atomic E-state index is 10.9. The lowest BCUT2D eigenvalue weighted by Crippen LogP contribution is -2.07. The standard InChI is InChI=1S/C12H9BrN2O3/c13-9-4-10(6-14-5-9)18-7-8-2-1-3-15-11(8)12(16)17/h1-6H,7H2,(H,16,17). The summed E-state index contributed by atoms with van der Waals surface area (Å²) in [7, 11) is 0. The Bertz CT molecular complexity index is 575. The Hall–Kier alpha value is -1.95. The number of carbonyl (C=O) groups is 1. The summed E-state index contributed by atoms with van der Waals surface area (Å²) in [5.41, 5.74) is 0.519. The Labute approximate surface area is 112 Å². The second-order valence-electron chi connectivity index (χ2n) is 3.44. The molecule has 0 aliphatic carbocycles. The third-order valence-corrected chi connectivity index (χ3v) is 2.60. The number of hydrogen-bond donors (Lipinski definition) is 1. The zero-order chi connectivity index (χ0) is 13.0. The number of rotatable bonds is 4. The van der Waals surface area contributed by atoms with E-state index >= 15 is 0 Å². The highest BCUT2D eigenvalue weighted by Gasteiger charge is 2.11. The van der Waals surface area contributed by atoms with Crippen molar-refractivity contribution in [3.63, 3.8) is 0 Å². The Morgan fingerprint density at radius 1 is 1.44 bits per heavy atom. The lowest BCUT2D eigenvalue weighted by atomic mass is 10.2. The first-order valence-electron chi connectivity index (χ1n) is 5.07. The predicted molar refractivity (Wildman–Crippen MR) is 67.5 cm³/mol. The van der Waals surface area contributed by atoms with E-state index in [1.165, 1.54) is 6.20 Å². The van der Waals surface area contributed by atoms with E-state index in [-0.39, 0.29) is 12.3 Å². The van der Waals surface area contributed by atoms with Gasteiger partial charge in [0.05, 0.1) is 6.20 Å². The summed E-state index contributed by atoms with van der Waals surface area (Å²) in [6.45, 7) is 0.133. The Kier molecular flexibility index (Phi) is 3.88. The highest BCUT2D eigenvalue weighted by Crippen LogP contribution is 2.17. The first-order valence-corrected chi connectivity index (χ1v) is 5.86. The highest BCUT2D eigenvalue weighted by molar-refractivity contribution is 9.10. The molecule has 5 nitrogen and oxygen atoms in total. The summed E-state index contributed by atoms with van der Waals surface area (Å²) in [6.07, 6.45) is 4.63. The maximum absolute atomic E-state index is 10.9. The molecule has 2 aromatic heterocycles. The maximum Gasteiger partial charge on any atom is 0.354 e. The van der Waals surface area contributed by atoms with Crippen LogP contribution in [-0.4, -0.2) is 21.0 Å². The molecule has 1 N–H and O–H groups in total. The number of carboxylic acid groups (broad SMARTS) is 1. The van der Waals surface area contributed by atoms with Crippen LogP contribution in [0, 0.1) is 0 Å². The van der Waals surface area contributed by atoms with Crippen molar-refractivity contribution in [1.29, 1.82) is 0 Å². The van der Waals surface area contributed by atoms with Crippen molar-refractivity contribution in [2.45, 2.75) is 6.61 Å². The van der Waals surface area contributed by atoms with Crippen LogP contribution in [0.5, 0.6) is 5.75 Å². The third kappa shape index (κ3) is 3.04. The SMILES string of the molecule is O=C(O)c1ncccc1COc1cncc(Br)c1. The predicted octanol–water partition coefficient (Wildman–Crippen LogP) is 2.52. The van der Waals surface area contributed by atoms with Crippen LogP contribution >= 0.6 is 15.9 Å². The number of ether oxygens (including phenoxy) is 1. The molecule has 92 valence electrons. The van der Waals surface area contributed by atoms with Gasteiger partial charge in [0, 0.05) is 22.4 Å². The third-order valence-electron chi connectivity index (χ3n) is 2.17. The van der Waals surface area contributed by atoms with Crippen LogP contribution in [0.4, 0.5) is 0 Å². The summed E-state index contributed by atoms with van der Waals surface area (Å²) in [5.74, 6) is -0.508. The van der Waals surface area contributed by atoms with E-state index in [4.69, 9.17) is 9.84 Å². The summed E-state index contributed by atoms with van der Waals surface area (Å²) >= 11 is 3.28. The van der Waals surface area contributed by atoms with Crippen LogP contribution in [-0.2, 0) is 6.61 Å². The summed E-state index contributed by atoms with van der Waals surface area (Å²) in [6, 6.07) is 5.09. The minimum atomic E-state index is -1.07. The molecule has 0 saturated heterocycles. The van der Waals surface area contributed by atoms with Crippen LogP contribution in [0.3, 0.4) is 0 Å². The molecule has 2 heterocycles. The number of carboxylic acids is 1. The molecule has 0 amide bonds. The molecule has 0 unspecified atom stereocenters. The molecule has 0 aromatic carbocycles. The van der Waals surface area contributed by atoms with Gasteiger partial charge in [0.2, 0.25) is 0 Å².